The lowest BCUT2D eigenvalue weighted by Gasteiger charge is -2.40. The first-order valence-electron chi connectivity index (χ1n) is 10.2. The van der Waals surface area contributed by atoms with E-state index in [-0.39, 0.29) is 11.9 Å². The van der Waals surface area contributed by atoms with Crippen LogP contribution in [0.5, 0.6) is 0 Å². The number of piperazine rings is 1. The lowest BCUT2D eigenvalue weighted by molar-refractivity contribution is -0.134. The Bertz CT molecular complexity index is 915. The molecular formula is C24H26BrN3OS. The normalized spacial score (nSPS) is 16.0. The van der Waals surface area contributed by atoms with Crippen LogP contribution in [0.3, 0.4) is 0 Å². The highest BCUT2D eigenvalue weighted by molar-refractivity contribution is 9.11. The zero-order chi connectivity index (χ0) is 20.9. The minimum atomic E-state index is -0.485. The van der Waals surface area contributed by atoms with Crippen molar-refractivity contribution in [2.24, 2.45) is 5.73 Å². The summed E-state index contributed by atoms with van der Waals surface area (Å²) in [5, 5.41) is 0. The van der Waals surface area contributed by atoms with Crippen molar-refractivity contribution >= 4 is 33.2 Å². The maximum absolute atomic E-state index is 12.9. The molecule has 1 aromatic heterocycles. The second-order valence-electron chi connectivity index (χ2n) is 7.60. The summed E-state index contributed by atoms with van der Waals surface area (Å²) in [6, 6.07) is 24.9. The summed E-state index contributed by atoms with van der Waals surface area (Å²) in [5.74, 6) is 0.0511. The van der Waals surface area contributed by atoms with Crippen molar-refractivity contribution in [2.45, 2.75) is 18.5 Å². The van der Waals surface area contributed by atoms with Crippen molar-refractivity contribution in [1.82, 2.24) is 9.80 Å². The van der Waals surface area contributed by atoms with Crippen LogP contribution in [0, 0.1) is 0 Å². The molecule has 3 aromatic rings. The Hall–Kier alpha value is -1.99. The number of hydrogen-bond acceptors (Lipinski definition) is 4. The second-order valence-corrected chi connectivity index (χ2v) is 10.1. The highest BCUT2D eigenvalue weighted by Gasteiger charge is 2.30. The fourth-order valence-electron chi connectivity index (χ4n) is 4.09. The van der Waals surface area contributed by atoms with Gasteiger partial charge in [-0.1, -0.05) is 60.7 Å². The van der Waals surface area contributed by atoms with Crippen LogP contribution in [-0.4, -0.2) is 47.9 Å². The van der Waals surface area contributed by atoms with Crippen molar-refractivity contribution in [3.63, 3.8) is 0 Å². The summed E-state index contributed by atoms with van der Waals surface area (Å²) in [7, 11) is 0. The maximum Gasteiger partial charge on any atom is 0.239 e. The van der Waals surface area contributed by atoms with Gasteiger partial charge in [-0.25, -0.2) is 0 Å². The summed E-state index contributed by atoms with van der Waals surface area (Å²) < 4.78 is 1.07. The van der Waals surface area contributed by atoms with Crippen LogP contribution in [0.4, 0.5) is 0 Å². The van der Waals surface area contributed by atoms with E-state index in [1.165, 1.54) is 11.1 Å². The van der Waals surface area contributed by atoms with Crippen LogP contribution in [0.2, 0.25) is 0 Å². The van der Waals surface area contributed by atoms with E-state index in [2.05, 4.69) is 81.5 Å². The molecule has 1 fully saturated rings. The minimum absolute atomic E-state index is 0.0511. The van der Waals surface area contributed by atoms with E-state index in [1.807, 2.05) is 17.0 Å². The van der Waals surface area contributed by atoms with Crippen LogP contribution in [-0.2, 0) is 11.2 Å². The number of amides is 1. The number of halogens is 1. The summed E-state index contributed by atoms with van der Waals surface area (Å²) in [5.41, 5.74) is 8.81. The number of rotatable bonds is 6. The molecule has 0 saturated carbocycles. The van der Waals surface area contributed by atoms with Crippen LogP contribution < -0.4 is 5.73 Å². The third-order valence-corrected chi connectivity index (χ3v) is 7.23. The second kappa shape index (κ2) is 9.88. The molecule has 1 unspecified atom stereocenters. The van der Waals surface area contributed by atoms with Gasteiger partial charge in [0.2, 0.25) is 5.91 Å². The van der Waals surface area contributed by atoms with Gasteiger partial charge in [-0.15, -0.1) is 11.3 Å². The zero-order valence-corrected chi connectivity index (χ0v) is 19.2. The molecule has 156 valence electrons. The summed E-state index contributed by atoms with van der Waals surface area (Å²) >= 11 is 5.11. The number of carbonyl (C=O) groups is 1. The molecule has 1 atom stereocenters. The predicted molar refractivity (Wildman–Crippen MR) is 127 cm³/mol. The van der Waals surface area contributed by atoms with E-state index in [9.17, 15) is 4.79 Å². The fourth-order valence-corrected chi connectivity index (χ4v) is 5.63. The average Bonchev–Trinajstić information content (AvgIpc) is 3.20. The number of nitrogens with zero attached hydrogens (tertiary/aromatic N) is 2. The molecule has 4 rings (SSSR count). The first kappa shape index (κ1) is 21.2. The molecule has 30 heavy (non-hydrogen) atoms. The van der Waals surface area contributed by atoms with Crippen LogP contribution >= 0.6 is 27.3 Å². The monoisotopic (exact) mass is 483 g/mol. The molecule has 2 N–H and O–H groups in total. The largest absolute Gasteiger partial charge is 0.339 e. The molecule has 0 aliphatic carbocycles. The van der Waals surface area contributed by atoms with Crippen LogP contribution in [0.15, 0.2) is 76.6 Å². The van der Waals surface area contributed by atoms with Gasteiger partial charge in [0.25, 0.3) is 0 Å². The zero-order valence-electron chi connectivity index (χ0n) is 16.8. The van der Waals surface area contributed by atoms with Crippen LogP contribution in [0.25, 0.3) is 0 Å². The van der Waals surface area contributed by atoms with Gasteiger partial charge >= 0.3 is 0 Å². The van der Waals surface area contributed by atoms with E-state index in [1.54, 1.807) is 11.3 Å². The van der Waals surface area contributed by atoms with Gasteiger partial charge in [0.1, 0.15) is 0 Å². The topological polar surface area (TPSA) is 49.6 Å². The van der Waals surface area contributed by atoms with Gasteiger partial charge in [0, 0.05) is 37.5 Å². The summed E-state index contributed by atoms with van der Waals surface area (Å²) in [6.45, 7) is 3.07. The van der Waals surface area contributed by atoms with E-state index in [0.717, 1.165) is 21.8 Å². The molecule has 6 heteroatoms. The molecule has 2 heterocycles. The highest BCUT2D eigenvalue weighted by Crippen LogP contribution is 2.29. The summed E-state index contributed by atoms with van der Waals surface area (Å²) in [6.07, 6.45) is 0.589. The number of benzene rings is 2. The number of hydrogen-bond donors (Lipinski definition) is 1. The molecule has 0 bridgehead atoms. The first-order valence-corrected chi connectivity index (χ1v) is 11.9. The van der Waals surface area contributed by atoms with Gasteiger partial charge in [0.15, 0.2) is 0 Å². The third kappa shape index (κ3) is 5.01. The predicted octanol–water partition coefficient (Wildman–Crippen LogP) is 4.31. The molecule has 1 aliphatic heterocycles. The van der Waals surface area contributed by atoms with Crippen molar-refractivity contribution in [3.05, 3.63) is 92.6 Å². The molecule has 1 saturated heterocycles. The van der Waals surface area contributed by atoms with Gasteiger partial charge in [-0.3, -0.25) is 9.69 Å². The number of nitrogens with two attached hydrogens (primary N) is 1. The Balaban J connectivity index is 1.42. The van der Waals surface area contributed by atoms with E-state index < -0.39 is 6.04 Å². The molecule has 0 radical (unpaired) electrons. The Morgan fingerprint density at radius 1 is 0.900 bits per heavy atom. The Kier molecular flexibility index (Phi) is 7.00. The lowest BCUT2D eigenvalue weighted by atomic mass is 9.96. The minimum Gasteiger partial charge on any atom is -0.339 e. The molecule has 4 nitrogen and oxygen atoms in total. The third-order valence-electron chi connectivity index (χ3n) is 5.59. The lowest BCUT2D eigenvalue weighted by Crippen LogP contribution is -2.54. The van der Waals surface area contributed by atoms with Crippen molar-refractivity contribution in [1.29, 1.82) is 0 Å². The summed E-state index contributed by atoms with van der Waals surface area (Å²) in [4.78, 5) is 18.4. The van der Waals surface area contributed by atoms with E-state index >= 15 is 0 Å². The van der Waals surface area contributed by atoms with Crippen molar-refractivity contribution in [2.75, 3.05) is 26.2 Å². The highest BCUT2D eigenvalue weighted by atomic mass is 79.9. The van der Waals surface area contributed by atoms with Crippen molar-refractivity contribution in [3.8, 4) is 0 Å². The fraction of sp³-hybridized carbons (Fsp3) is 0.292. The molecule has 1 amide bonds. The standard InChI is InChI=1S/C24H26BrN3OS/c25-22-12-11-20(30-22)17-21(26)24(29)28-15-13-27(14-16-28)23(18-7-3-1-4-8-18)19-9-5-2-6-10-19/h1-12,21,23H,13-17,26H2. The molecule has 2 aromatic carbocycles. The quantitative estimate of drug-likeness (QED) is 0.567. The van der Waals surface area contributed by atoms with Gasteiger partial charge < -0.3 is 10.6 Å². The Morgan fingerprint density at radius 2 is 1.47 bits per heavy atom. The number of thiophene rings is 1. The molecular weight excluding hydrogens is 458 g/mol. The Labute approximate surface area is 190 Å². The number of carbonyl (C=O) groups excluding carboxylic acids is 1. The average molecular weight is 484 g/mol. The van der Waals surface area contributed by atoms with Gasteiger partial charge in [-0.2, -0.15) is 0 Å². The molecule has 0 spiro atoms. The van der Waals surface area contributed by atoms with E-state index in [4.69, 9.17) is 5.73 Å². The van der Waals surface area contributed by atoms with Crippen molar-refractivity contribution < 1.29 is 4.79 Å². The van der Waals surface area contributed by atoms with Gasteiger partial charge in [-0.05, 0) is 39.2 Å². The van der Waals surface area contributed by atoms with Crippen LogP contribution in [0.1, 0.15) is 22.0 Å². The smallest absolute Gasteiger partial charge is 0.239 e. The SMILES string of the molecule is NC(Cc1ccc(Br)s1)C(=O)N1CCN(C(c2ccccc2)c2ccccc2)CC1. The van der Waals surface area contributed by atoms with E-state index in [0.29, 0.717) is 19.5 Å². The Morgan fingerprint density at radius 3 is 1.97 bits per heavy atom. The maximum atomic E-state index is 12.9. The molecule has 1 aliphatic rings. The van der Waals surface area contributed by atoms with Gasteiger partial charge in [0.05, 0.1) is 15.9 Å². The first-order chi connectivity index (χ1) is 14.6.